The van der Waals surface area contributed by atoms with Crippen molar-refractivity contribution in [3.8, 4) is 0 Å². The van der Waals surface area contributed by atoms with E-state index in [2.05, 4.69) is 5.32 Å². The van der Waals surface area contributed by atoms with Gasteiger partial charge in [0.2, 0.25) is 0 Å². The van der Waals surface area contributed by atoms with Crippen molar-refractivity contribution in [3.05, 3.63) is 59.9 Å². The van der Waals surface area contributed by atoms with Crippen molar-refractivity contribution < 1.29 is 9.18 Å². The van der Waals surface area contributed by atoms with Crippen LogP contribution in [0.5, 0.6) is 0 Å². The third-order valence-corrected chi connectivity index (χ3v) is 3.22. The van der Waals surface area contributed by atoms with Gasteiger partial charge in [0.25, 0.3) is 5.91 Å². The molecule has 2 rings (SSSR count). The zero-order valence-corrected chi connectivity index (χ0v) is 12.3. The fourth-order valence-corrected chi connectivity index (χ4v) is 2.22. The molecular formula is C17H19FN2O. The molecule has 1 N–H and O–H groups in total. The van der Waals surface area contributed by atoms with Gasteiger partial charge < -0.3 is 10.2 Å². The first-order chi connectivity index (χ1) is 10.2. The van der Waals surface area contributed by atoms with Crippen LogP contribution in [0.25, 0.3) is 0 Å². The van der Waals surface area contributed by atoms with Crippen LogP contribution in [-0.2, 0) is 0 Å². The summed E-state index contributed by atoms with van der Waals surface area (Å²) >= 11 is 0. The lowest BCUT2D eigenvalue weighted by atomic mass is 10.1. The standard InChI is InChI=1S/C17H19FN2O/c1-3-19-16-8-6-5-7-15(16)17(21)20(4-2)14-11-9-13(18)10-12-14/h5-12,19H,3-4H2,1-2H3. The summed E-state index contributed by atoms with van der Waals surface area (Å²) in [6.45, 7) is 5.15. The Morgan fingerprint density at radius 2 is 1.76 bits per heavy atom. The van der Waals surface area contributed by atoms with Gasteiger partial charge in [-0.25, -0.2) is 4.39 Å². The van der Waals surface area contributed by atoms with E-state index in [1.165, 1.54) is 12.1 Å². The lowest BCUT2D eigenvalue weighted by Gasteiger charge is -2.22. The first-order valence-electron chi connectivity index (χ1n) is 7.07. The van der Waals surface area contributed by atoms with Crippen molar-refractivity contribution in [2.24, 2.45) is 0 Å². The molecule has 0 unspecified atom stereocenters. The summed E-state index contributed by atoms with van der Waals surface area (Å²) in [4.78, 5) is 14.4. The van der Waals surface area contributed by atoms with Crippen LogP contribution >= 0.6 is 0 Å². The Morgan fingerprint density at radius 3 is 2.38 bits per heavy atom. The van der Waals surface area contributed by atoms with Gasteiger partial charge in [-0.05, 0) is 50.2 Å². The zero-order valence-electron chi connectivity index (χ0n) is 12.3. The van der Waals surface area contributed by atoms with E-state index in [0.29, 0.717) is 17.8 Å². The molecule has 0 atom stereocenters. The maximum atomic E-state index is 13.0. The van der Waals surface area contributed by atoms with E-state index in [-0.39, 0.29) is 11.7 Å². The van der Waals surface area contributed by atoms with E-state index in [1.807, 2.05) is 32.0 Å². The van der Waals surface area contributed by atoms with Gasteiger partial charge in [-0.3, -0.25) is 4.79 Å². The molecule has 1 amide bonds. The first-order valence-corrected chi connectivity index (χ1v) is 7.07. The molecule has 0 aromatic heterocycles. The molecule has 0 radical (unpaired) electrons. The minimum Gasteiger partial charge on any atom is -0.385 e. The Bertz CT molecular complexity index is 610. The molecule has 0 fully saturated rings. The molecule has 0 bridgehead atoms. The molecule has 0 saturated carbocycles. The highest BCUT2D eigenvalue weighted by molar-refractivity contribution is 6.09. The summed E-state index contributed by atoms with van der Waals surface area (Å²) in [5, 5.41) is 3.19. The van der Waals surface area contributed by atoms with Crippen LogP contribution in [0.15, 0.2) is 48.5 Å². The average molecular weight is 286 g/mol. The molecule has 2 aromatic rings. The van der Waals surface area contributed by atoms with Gasteiger partial charge in [-0.2, -0.15) is 0 Å². The van der Waals surface area contributed by atoms with Crippen LogP contribution in [0, 0.1) is 5.82 Å². The van der Waals surface area contributed by atoms with E-state index in [0.717, 1.165) is 12.2 Å². The number of amides is 1. The smallest absolute Gasteiger partial charge is 0.260 e. The summed E-state index contributed by atoms with van der Waals surface area (Å²) in [6, 6.07) is 13.4. The van der Waals surface area contributed by atoms with Crippen molar-refractivity contribution in [2.75, 3.05) is 23.3 Å². The second-order valence-corrected chi connectivity index (χ2v) is 4.60. The van der Waals surface area contributed by atoms with Crippen molar-refractivity contribution >= 4 is 17.3 Å². The Hall–Kier alpha value is -2.36. The minimum absolute atomic E-state index is 0.0966. The van der Waals surface area contributed by atoms with Crippen LogP contribution in [0.2, 0.25) is 0 Å². The minimum atomic E-state index is -0.310. The van der Waals surface area contributed by atoms with Crippen LogP contribution in [0.3, 0.4) is 0 Å². The molecule has 0 aliphatic rings. The SMILES string of the molecule is CCNc1ccccc1C(=O)N(CC)c1ccc(F)cc1. The quantitative estimate of drug-likeness (QED) is 0.903. The molecule has 0 spiro atoms. The predicted molar refractivity (Wildman–Crippen MR) is 84.4 cm³/mol. The number of carbonyl (C=O) groups excluding carboxylic acids is 1. The van der Waals surface area contributed by atoms with Gasteiger partial charge in [0, 0.05) is 24.5 Å². The van der Waals surface area contributed by atoms with Crippen LogP contribution < -0.4 is 10.2 Å². The third kappa shape index (κ3) is 3.40. The Balaban J connectivity index is 2.34. The Kier molecular flexibility index (Phi) is 4.93. The third-order valence-electron chi connectivity index (χ3n) is 3.22. The maximum absolute atomic E-state index is 13.0. The van der Waals surface area contributed by atoms with Crippen LogP contribution in [0.4, 0.5) is 15.8 Å². The number of halogens is 1. The summed E-state index contributed by atoms with van der Waals surface area (Å²) in [5.74, 6) is -0.407. The number of rotatable bonds is 5. The number of benzene rings is 2. The average Bonchev–Trinajstić information content (AvgIpc) is 2.50. The number of nitrogens with one attached hydrogen (secondary N) is 1. The number of hydrogen-bond acceptors (Lipinski definition) is 2. The highest BCUT2D eigenvalue weighted by atomic mass is 19.1. The van der Waals surface area contributed by atoms with Crippen LogP contribution in [-0.4, -0.2) is 19.0 Å². The lowest BCUT2D eigenvalue weighted by molar-refractivity contribution is 0.0989. The number of hydrogen-bond donors (Lipinski definition) is 1. The van der Waals surface area contributed by atoms with Gasteiger partial charge in [-0.1, -0.05) is 12.1 Å². The second kappa shape index (κ2) is 6.88. The highest BCUT2D eigenvalue weighted by Crippen LogP contribution is 2.22. The molecule has 0 aliphatic heterocycles. The summed E-state index contributed by atoms with van der Waals surface area (Å²) < 4.78 is 13.0. The van der Waals surface area contributed by atoms with E-state index in [4.69, 9.17) is 0 Å². The molecule has 3 nitrogen and oxygen atoms in total. The van der Waals surface area contributed by atoms with Crippen molar-refractivity contribution in [3.63, 3.8) is 0 Å². The molecule has 0 saturated heterocycles. The van der Waals surface area contributed by atoms with Crippen LogP contribution in [0.1, 0.15) is 24.2 Å². The van der Waals surface area contributed by atoms with E-state index in [1.54, 1.807) is 23.1 Å². The van der Waals surface area contributed by atoms with Gasteiger partial charge >= 0.3 is 0 Å². The normalized spacial score (nSPS) is 10.2. The number of anilines is 2. The molecule has 0 heterocycles. The molecule has 4 heteroatoms. The summed E-state index contributed by atoms with van der Waals surface area (Å²) in [7, 11) is 0. The van der Waals surface area contributed by atoms with E-state index >= 15 is 0 Å². The molecule has 21 heavy (non-hydrogen) atoms. The Morgan fingerprint density at radius 1 is 1.10 bits per heavy atom. The van der Waals surface area contributed by atoms with Gasteiger partial charge in [-0.15, -0.1) is 0 Å². The number of para-hydroxylation sites is 1. The Labute approximate surface area is 124 Å². The lowest BCUT2D eigenvalue weighted by Crippen LogP contribution is -2.31. The van der Waals surface area contributed by atoms with E-state index in [9.17, 15) is 9.18 Å². The van der Waals surface area contributed by atoms with Crippen molar-refractivity contribution in [1.29, 1.82) is 0 Å². The van der Waals surface area contributed by atoms with Gasteiger partial charge in [0.1, 0.15) is 5.82 Å². The van der Waals surface area contributed by atoms with E-state index < -0.39 is 0 Å². The number of carbonyl (C=O) groups is 1. The highest BCUT2D eigenvalue weighted by Gasteiger charge is 2.18. The monoisotopic (exact) mass is 286 g/mol. The molecule has 110 valence electrons. The topological polar surface area (TPSA) is 32.3 Å². The first kappa shape index (κ1) is 15.0. The fourth-order valence-electron chi connectivity index (χ4n) is 2.22. The maximum Gasteiger partial charge on any atom is 0.260 e. The second-order valence-electron chi connectivity index (χ2n) is 4.60. The van der Waals surface area contributed by atoms with Crippen molar-refractivity contribution in [2.45, 2.75) is 13.8 Å². The van der Waals surface area contributed by atoms with Gasteiger partial charge in [0.15, 0.2) is 0 Å². The van der Waals surface area contributed by atoms with Gasteiger partial charge in [0.05, 0.1) is 5.56 Å². The number of nitrogens with zero attached hydrogens (tertiary/aromatic N) is 1. The largest absolute Gasteiger partial charge is 0.385 e. The predicted octanol–water partition coefficient (Wildman–Crippen LogP) is 3.92. The summed E-state index contributed by atoms with van der Waals surface area (Å²) in [6.07, 6.45) is 0. The molecule has 0 aliphatic carbocycles. The zero-order chi connectivity index (χ0) is 15.2. The fraction of sp³-hybridized carbons (Fsp3) is 0.235. The summed E-state index contributed by atoms with van der Waals surface area (Å²) in [5.41, 5.74) is 2.12. The molecule has 2 aromatic carbocycles. The molecular weight excluding hydrogens is 267 g/mol. The van der Waals surface area contributed by atoms with Crippen molar-refractivity contribution in [1.82, 2.24) is 0 Å².